The summed E-state index contributed by atoms with van der Waals surface area (Å²) in [6.07, 6.45) is 1.66. The van der Waals surface area contributed by atoms with Gasteiger partial charge in [-0.2, -0.15) is 0 Å². The molecule has 0 bridgehead atoms. The van der Waals surface area contributed by atoms with E-state index in [-0.39, 0.29) is 42.7 Å². The molecule has 4 nitrogen and oxygen atoms in total. The Morgan fingerprint density at radius 2 is 1.90 bits per heavy atom. The number of amides is 1. The number of hydrogen-bond acceptors (Lipinski definition) is 3. The molecule has 2 rings (SSSR count). The van der Waals surface area contributed by atoms with Crippen molar-refractivity contribution in [3.05, 3.63) is 36.5 Å². The maximum absolute atomic E-state index is 11.9. The molecule has 2 atom stereocenters. The van der Waals surface area contributed by atoms with Gasteiger partial charge in [-0.05, 0) is 19.1 Å². The van der Waals surface area contributed by atoms with Gasteiger partial charge in [0.1, 0.15) is 0 Å². The van der Waals surface area contributed by atoms with Crippen LogP contribution in [0.5, 0.6) is 0 Å². The zero-order chi connectivity index (χ0) is 13.1. The molecule has 0 saturated heterocycles. The number of pyridine rings is 1. The molecule has 1 aromatic heterocycles. The lowest BCUT2D eigenvalue weighted by atomic mass is 10.0. The third-order valence-electron chi connectivity index (χ3n) is 3.06. The Balaban J connectivity index is 0.00000180. The summed E-state index contributed by atoms with van der Waals surface area (Å²) < 4.78 is 0. The lowest BCUT2D eigenvalue weighted by Gasteiger charge is -2.15. The van der Waals surface area contributed by atoms with Crippen molar-refractivity contribution in [1.82, 2.24) is 4.98 Å². The second-order valence-electron chi connectivity index (χ2n) is 4.55. The minimum absolute atomic E-state index is 0. The van der Waals surface area contributed by atoms with Gasteiger partial charge in [0, 0.05) is 11.4 Å². The third kappa shape index (κ3) is 4.34. The summed E-state index contributed by atoms with van der Waals surface area (Å²) in [4.78, 5) is 16.2. The first-order chi connectivity index (χ1) is 8.58. The van der Waals surface area contributed by atoms with Crippen LogP contribution in [-0.4, -0.2) is 16.9 Å². The minimum atomic E-state index is -0.225. The number of rotatable bonds is 3. The topological polar surface area (TPSA) is 68.0 Å². The third-order valence-corrected chi connectivity index (χ3v) is 3.06. The van der Waals surface area contributed by atoms with E-state index in [2.05, 4.69) is 10.3 Å². The highest BCUT2D eigenvalue weighted by atomic mass is 35.5. The second kappa shape index (κ2) is 8.04. The molecule has 3 N–H and O–H groups in total. The summed E-state index contributed by atoms with van der Waals surface area (Å²) in [6.45, 7) is 3.64. The van der Waals surface area contributed by atoms with Crippen LogP contribution in [0.15, 0.2) is 36.5 Å². The quantitative estimate of drug-likeness (QED) is 0.914. The Kier molecular flexibility index (Phi) is 7.50. The number of fused-ring (bicyclic) bond motifs is 1. The van der Waals surface area contributed by atoms with E-state index in [4.69, 9.17) is 5.73 Å². The Morgan fingerprint density at radius 1 is 1.25 bits per heavy atom. The van der Waals surface area contributed by atoms with Crippen molar-refractivity contribution in [2.75, 3.05) is 5.32 Å². The number of aromatic nitrogens is 1. The summed E-state index contributed by atoms with van der Waals surface area (Å²) in [5, 5.41) is 3.84. The van der Waals surface area contributed by atoms with E-state index in [1.807, 2.05) is 44.2 Å². The molecule has 0 spiro atoms. The number of nitrogens with two attached hydrogens (primary N) is 1. The van der Waals surface area contributed by atoms with Crippen LogP contribution in [-0.2, 0) is 4.79 Å². The summed E-state index contributed by atoms with van der Waals surface area (Å²) in [7, 11) is 0. The number of nitrogens with one attached hydrogen (secondary N) is 1. The van der Waals surface area contributed by atoms with Crippen LogP contribution in [0.1, 0.15) is 13.8 Å². The first-order valence-corrected chi connectivity index (χ1v) is 5.99. The normalized spacial score (nSPS) is 12.8. The molecule has 0 aliphatic rings. The van der Waals surface area contributed by atoms with Crippen LogP contribution in [0.25, 0.3) is 10.9 Å². The van der Waals surface area contributed by atoms with E-state index < -0.39 is 0 Å². The van der Waals surface area contributed by atoms with Crippen molar-refractivity contribution >= 4 is 47.3 Å². The number of carbonyl (C=O) groups is 1. The van der Waals surface area contributed by atoms with Gasteiger partial charge in [0.2, 0.25) is 5.91 Å². The summed E-state index contributed by atoms with van der Waals surface area (Å²) in [6, 6.07) is 9.52. The summed E-state index contributed by atoms with van der Waals surface area (Å²) in [5.74, 6) is -0.307. The first-order valence-electron chi connectivity index (χ1n) is 5.99. The molecule has 0 aliphatic heterocycles. The predicted molar refractivity (Wildman–Crippen MR) is 87.7 cm³/mol. The van der Waals surface area contributed by atoms with E-state index in [1.165, 1.54) is 0 Å². The fourth-order valence-corrected chi connectivity index (χ4v) is 1.63. The van der Waals surface area contributed by atoms with Gasteiger partial charge >= 0.3 is 0 Å². The monoisotopic (exact) mass is 315 g/mol. The summed E-state index contributed by atoms with van der Waals surface area (Å²) >= 11 is 0. The van der Waals surface area contributed by atoms with E-state index >= 15 is 0 Å². The Hall–Kier alpha value is -1.36. The molecular weight excluding hydrogens is 297 g/mol. The number of para-hydroxylation sites is 1. The molecule has 6 heteroatoms. The lowest BCUT2D eigenvalue weighted by molar-refractivity contribution is -0.119. The Labute approximate surface area is 131 Å². The van der Waals surface area contributed by atoms with Crippen molar-refractivity contribution < 1.29 is 4.79 Å². The molecule has 0 radical (unpaired) electrons. The molecule has 110 valence electrons. The van der Waals surface area contributed by atoms with E-state index in [0.717, 1.165) is 10.9 Å². The lowest BCUT2D eigenvalue weighted by Crippen LogP contribution is -2.34. The van der Waals surface area contributed by atoms with Crippen LogP contribution in [0.4, 0.5) is 5.69 Å². The van der Waals surface area contributed by atoms with E-state index in [1.54, 1.807) is 6.20 Å². The molecule has 20 heavy (non-hydrogen) atoms. The van der Waals surface area contributed by atoms with Gasteiger partial charge in [0.15, 0.2) is 0 Å². The van der Waals surface area contributed by atoms with Crippen molar-refractivity contribution in [2.45, 2.75) is 19.9 Å². The van der Waals surface area contributed by atoms with Crippen LogP contribution < -0.4 is 11.1 Å². The van der Waals surface area contributed by atoms with Crippen LogP contribution in [0.3, 0.4) is 0 Å². The molecule has 1 heterocycles. The average Bonchev–Trinajstić information content (AvgIpc) is 2.37. The van der Waals surface area contributed by atoms with Gasteiger partial charge in [-0.25, -0.2) is 0 Å². The van der Waals surface area contributed by atoms with Crippen molar-refractivity contribution in [3.63, 3.8) is 0 Å². The van der Waals surface area contributed by atoms with E-state index in [0.29, 0.717) is 5.69 Å². The van der Waals surface area contributed by atoms with Crippen LogP contribution in [0, 0.1) is 5.92 Å². The zero-order valence-electron chi connectivity index (χ0n) is 11.4. The SMILES string of the molecule is CC(N)C(C)C(=O)Nc1cnc2ccccc2c1.Cl.Cl. The number of carbonyl (C=O) groups excluding carboxylic acids is 1. The van der Waals surface area contributed by atoms with Crippen molar-refractivity contribution in [2.24, 2.45) is 11.7 Å². The highest BCUT2D eigenvalue weighted by Crippen LogP contribution is 2.16. The number of hydrogen-bond donors (Lipinski definition) is 2. The van der Waals surface area contributed by atoms with E-state index in [9.17, 15) is 4.79 Å². The number of halogens is 2. The largest absolute Gasteiger partial charge is 0.327 e. The van der Waals surface area contributed by atoms with Gasteiger partial charge < -0.3 is 11.1 Å². The van der Waals surface area contributed by atoms with Crippen LogP contribution >= 0.6 is 24.8 Å². The number of anilines is 1. The maximum atomic E-state index is 11.9. The molecule has 2 aromatic rings. The molecule has 0 saturated carbocycles. The Bertz CT molecular complexity index is 575. The zero-order valence-corrected chi connectivity index (χ0v) is 13.0. The van der Waals surface area contributed by atoms with Gasteiger partial charge in [-0.3, -0.25) is 9.78 Å². The Morgan fingerprint density at radius 3 is 2.55 bits per heavy atom. The predicted octanol–water partition coefficient (Wildman–Crippen LogP) is 3.00. The first kappa shape index (κ1) is 18.6. The molecule has 0 aliphatic carbocycles. The minimum Gasteiger partial charge on any atom is -0.327 e. The standard InChI is InChI=1S/C14H17N3O.2ClH/c1-9(10(2)15)14(18)17-12-7-11-5-3-4-6-13(11)16-8-12;;/h3-10H,15H2,1-2H3,(H,17,18);2*1H. The molecule has 1 amide bonds. The van der Waals surface area contributed by atoms with Crippen molar-refractivity contribution in [1.29, 1.82) is 0 Å². The average molecular weight is 316 g/mol. The molecule has 0 fully saturated rings. The maximum Gasteiger partial charge on any atom is 0.228 e. The smallest absolute Gasteiger partial charge is 0.228 e. The number of benzene rings is 1. The fourth-order valence-electron chi connectivity index (χ4n) is 1.63. The van der Waals surface area contributed by atoms with Gasteiger partial charge in [0.05, 0.1) is 23.3 Å². The highest BCUT2D eigenvalue weighted by Gasteiger charge is 2.17. The fraction of sp³-hybridized carbons (Fsp3) is 0.286. The molecule has 1 aromatic carbocycles. The molecule has 2 unspecified atom stereocenters. The summed E-state index contributed by atoms with van der Waals surface area (Å²) in [5.41, 5.74) is 7.32. The van der Waals surface area contributed by atoms with Gasteiger partial charge in [-0.1, -0.05) is 25.1 Å². The van der Waals surface area contributed by atoms with Crippen molar-refractivity contribution in [3.8, 4) is 0 Å². The van der Waals surface area contributed by atoms with Gasteiger partial charge in [0.25, 0.3) is 0 Å². The second-order valence-corrected chi connectivity index (χ2v) is 4.55. The highest BCUT2D eigenvalue weighted by molar-refractivity contribution is 5.94. The number of nitrogens with zero attached hydrogens (tertiary/aromatic N) is 1. The van der Waals surface area contributed by atoms with Crippen LogP contribution in [0.2, 0.25) is 0 Å². The van der Waals surface area contributed by atoms with Gasteiger partial charge in [-0.15, -0.1) is 24.8 Å². The molecular formula is C14H19Cl2N3O.